The lowest BCUT2D eigenvalue weighted by atomic mass is 10.1. The average Bonchev–Trinajstić information content (AvgIpc) is 3.28. The second-order valence-electron chi connectivity index (χ2n) is 7.95. The van der Waals surface area contributed by atoms with Gasteiger partial charge in [0.05, 0.1) is 17.8 Å². The topological polar surface area (TPSA) is 98.3 Å². The van der Waals surface area contributed by atoms with E-state index >= 15 is 0 Å². The van der Waals surface area contributed by atoms with E-state index in [1.54, 1.807) is 18.2 Å². The molecule has 2 heterocycles. The molecular formula is C24H26N6O2. The Morgan fingerprint density at radius 3 is 2.56 bits per heavy atom. The van der Waals surface area contributed by atoms with E-state index in [-0.39, 0.29) is 5.91 Å². The van der Waals surface area contributed by atoms with E-state index in [9.17, 15) is 4.79 Å². The van der Waals surface area contributed by atoms with Gasteiger partial charge in [-0.25, -0.2) is 0 Å². The van der Waals surface area contributed by atoms with Crippen molar-refractivity contribution in [2.75, 3.05) is 38.0 Å². The number of aryl methyl sites for hydroxylation is 1. The summed E-state index contributed by atoms with van der Waals surface area (Å²) in [7, 11) is 0. The molecule has 0 bridgehead atoms. The molecule has 4 rings (SSSR count). The van der Waals surface area contributed by atoms with Gasteiger partial charge in [-0.2, -0.15) is 10.2 Å². The van der Waals surface area contributed by atoms with Crippen molar-refractivity contribution in [2.24, 2.45) is 0 Å². The predicted octanol–water partition coefficient (Wildman–Crippen LogP) is 3.06. The van der Waals surface area contributed by atoms with Gasteiger partial charge in [0.25, 0.3) is 0 Å². The van der Waals surface area contributed by atoms with Gasteiger partial charge in [-0.3, -0.25) is 9.69 Å². The Morgan fingerprint density at radius 2 is 1.81 bits per heavy atom. The number of amides is 1. The Morgan fingerprint density at radius 1 is 1.09 bits per heavy atom. The molecule has 0 unspecified atom stereocenters. The largest absolute Gasteiger partial charge is 0.338 e. The predicted molar refractivity (Wildman–Crippen MR) is 121 cm³/mol. The molecule has 1 amide bonds. The van der Waals surface area contributed by atoms with Gasteiger partial charge in [0.2, 0.25) is 17.6 Å². The lowest BCUT2D eigenvalue weighted by Crippen LogP contribution is -2.46. The summed E-state index contributed by atoms with van der Waals surface area (Å²) in [5.41, 5.74) is 3.18. The summed E-state index contributed by atoms with van der Waals surface area (Å²) in [4.78, 5) is 21.4. The van der Waals surface area contributed by atoms with Gasteiger partial charge < -0.3 is 14.7 Å². The molecule has 1 saturated heterocycles. The molecule has 3 aromatic rings. The van der Waals surface area contributed by atoms with Crippen LogP contribution in [-0.2, 0) is 11.3 Å². The first-order chi connectivity index (χ1) is 15.6. The lowest BCUT2D eigenvalue weighted by molar-refractivity contribution is -0.116. The molecule has 2 aromatic carbocycles. The normalized spacial score (nSPS) is 14.8. The summed E-state index contributed by atoms with van der Waals surface area (Å²) in [6.07, 6.45) is 0.392. The van der Waals surface area contributed by atoms with Crippen molar-refractivity contribution in [1.29, 1.82) is 5.26 Å². The van der Waals surface area contributed by atoms with Crippen LogP contribution in [0.15, 0.2) is 53.1 Å². The van der Waals surface area contributed by atoms with Gasteiger partial charge in [-0.1, -0.05) is 47.1 Å². The van der Waals surface area contributed by atoms with Crippen LogP contribution < -0.4 is 5.32 Å². The maximum atomic E-state index is 12.3. The van der Waals surface area contributed by atoms with Crippen molar-refractivity contribution < 1.29 is 9.32 Å². The summed E-state index contributed by atoms with van der Waals surface area (Å²) >= 11 is 0. The third-order valence-corrected chi connectivity index (χ3v) is 5.58. The zero-order chi connectivity index (χ0) is 22.3. The van der Waals surface area contributed by atoms with Gasteiger partial charge in [-0.05, 0) is 19.1 Å². The molecule has 164 valence electrons. The molecule has 8 nitrogen and oxygen atoms in total. The number of nitriles is 1. The van der Waals surface area contributed by atoms with Crippen LogP contribution in [0.2, 0.25) is 0 Å². The average molecular weight is 431 g/mol. The number of nitrogens with one attached hydrogen (secondary N) is 1. The van der Waals surface area contributed by atoms with Crippen molar-refractivity contribution in [3.05, 3.63) is 65.5 Å². The van der Waals surface area contributed by atoms with Gasteiger partial charge in [0.1, 0.15) is 6.07 Å². The van der Waals surface area contributed by atoms with Crippen LogP contribution in [0.25, 0.3) is 11.4 Å². The van der Waals surface area contributed by atoms with E-state index < -0.39 is 0 Å². The number of anilines is 1. The highest BCUT2D eigenvalue weighted by Crippen LogP contribution is 2.18. The maximum absolute atomic E-state index is 12.3. The second-order valence-corrected chi connectivity index (χ2v) is 7.95. The van der Waals surface area contributed by atoms with Crippen molar-refractivity contribution >= 4 is 11.6 Å². The minimum Gasteiger partial charge on any atom is -0.338 e. The number of hydrogen-bond donors (Lipinski definition) is 1. The molecule has 8 heteroatoms. The Balaban J connectivity index is 1.20. The third-order valence-electron chi connectivity index (χ3n) is 5.58. The fourth-order valence-electron chi connectivity index (χ4n) is 3.66. The number of piperazine rings is 1. The quantitative estimate of drug-likeness (QED) is 0.615. The van der Waals surface area contributed by atoms with Gasteiger partial charge >= 0.3 is 0 Å². The first-order valence-corrected chi connectivity index (χ1v) is 10.7. The molecule has 1 aliphatic rings. The molecule has 1 fully saturated rings. The highest BCUT2D eigenvalue weighted by atomic mass is 16.5. The summed E-state index contributed by atoms with van der Waals surface area (Å²) < 4.78 is 5.44. The molecule has 1 N–H and O–H groups in total. The molecular weight excluding hydrogens is 404 g/mol. The summed E-state index contributed by atoms with van der Waals surface area (Å²) in [5.74, 6) is 1.15. The van der Waals surface area contributed by atoms with Crippen LogP contribution in [0, 0.1) is 18.3 Å². The number of nitrogens with zero attached hydrogens (tertiary/aromatic N) is 5. The van der Waals surface area contributed by atoms with Crippen molar-refractivity contribution in [2.45, 2.75) is 19.9 Å². The van der Waals surface area contributed by atoms with Crippen molar-refractivity contribution in [3.63, 3.8) is 0 Å². The molecule has 1 aromatic heterocycles. The van der Waals surface area contributed by atoms with Crippen LogP contribution in [0.3, 0.4) is 0 Å². The monoisotopic (exact) mass is 430 g/mol. The molecule has 0 saturated carbocycles. The molecule has 0 atom stereocenters. The standard InChI is InChI=1S/C24H26N6O2/c1-18-6-8-19(9-7-18)24-27-23(32-28-24)17-30-14-12-29(13-15-30)11-10-22(31)26-21-5-3-2-4-20(21)16-25/h2-9H,10-15,17H2,1H3,(H,26,31). The highest BCUT2D eigenvalue weighted by Gasteiger charge is 2.20. The Hall–Kier alpha value is -3.54. The number of rotatable bonds is 7. The molecule has 1 aliphatic heterocycles. The van der Waals surface area contributed by atoms with Gasteiger partial charge in [0, 0.05) is 44.7 Å². The first-order valence-electron chi connectivity index (χ1n) is 10.7. The summed E-state index contributed by atoms with van der Waals surface area (Å²) in [5, 5.41) is 16.1. The third kappa shape index (κ3) is 5.58. The highest BCUT2D eigenvalue weighted by molar-refractivity contribution is 5.92. The van der Waals surface area contributed by atoms with Gasteiger partial charge in [0.15, 0.2) is 0 Å². The van der Waals surface area contributed by atoms with Gasteiger partial charge in [-0.15, -0.1) is 0 Å². The van der Waals surface area contributed by atoms with E-state index in [4.69, 9.17) is 9.78 Å². The van der Waals surface area contributed by atoms with E-state index in [0.717, 1.165) is 31.7 Å². The smallest absolute Gasteiger partial charge is 0.241 e. The minimum atomic E-state index is -0.0791. The van der Waals surface area contributed by atoms with Crippen LogP contribution >= 0.6 is 0 Å². The molecule has 0 radical (unpaired) electrons. The number of aromatic nitrogens is 2. The Bertz CT molecular complexity index is 1090. The van der Waals surface area contributed by atoms with E-state index in [0.29, 0.717) is 42.5 Å². The van der Waals surface area contributed by atoms with Crippen LogP contribution in [0.1, 0.15) is 23.4 Å². The fraction of sp³-hybridized carbons (Fsp3) is 0.333. The van der Waals surface area contributed by atoms with E-state index in [1.807, 2.05) is 37.3 Å². The van der Waals surface area contributed by atoms with Crippen LogP contribution in [0.5, 0.6) is 0 Å². The lowest BCUT2D eigenvalue weighted by Gasteiger charge is -2.33. The molecule has 0 spiro atoms. The van der Waals surface area contributed by atoms with Crippen molar-refractivity contribution in [3.8, 4) is 17.5 Å². The Labute approximate surface area is 187 Å². The fourth-order valence-corrected chi connectivity index (χ4v) is 3.66. The maximum Gasteiger partial charge on any atom is 0.241 e. The second kappa shape index (κ2) is 10.2. The number of benzene rings is 2. The van der Waals surface area contributed by atoms with Crippen LogP contribution in [-0.4, -0.2) is 58.6 Å². The Kier molecular flexibility index (Phi) is 6.90. The van der Waals surface area contributed by atoms with E-state index in [1.165, 1.54) is 5.56 Å². The number of para-hydroxylation sites is 1. The minimum absolute atomic E-state index is 0.0791. The first kappa shape index (κ1) is 21.7. The zero-order valence-electron chi connectivity index (χ0n) is 18.1. The zero-order valence-corrected chi connectivity index (χ0v) is 18.1. The SMILES string of the molecule is Cc1ccc(-c2noc(CN3CCN(CCC(=O)Nc4ccccc4C#N)CC3)n2)cc1. The molecule has 32 heavy (non-hydrogen) atoms. The van der Waals surface area contributed by atoms with Crippen LogP contribution in [0.4, 0.5) is 5.69 Å². The van der Waals surface area contributed by atoms with E-state index in [2.05, 4.69) is 31.3 Å². The van der Waals surface area contributed by atoms with Crippen molar-refractivity contribution in [1.82, 2.24) is 19.9 Å². The summed E-state index contributed by atoms with van der Waals surface area (Å²) in [6, 6.07) is 17.2. The number of hydrogen-bond acceptors (Lipinski definition) is 7. The number of carbonyl (C=O) groups is 1. The summed E-state index contributed by atoms with van der Waals surface area (Å²) in [6.45, 7) is 6.86. The number of carbonyl (C=O) groups excluding carboxylic acids is 1. The molecule has 0 aliphatic carbocycles.